The summed E-state index contributed by atoms with van der Waals surface area (Å²) in [7, 11) is 0. The maximum absolute atomic E-state index is 10.4. The highest BCUT2D eigenvalue weighted by Crippen LogP contribution is 2.09. The molecule has 2 heterocycles. The Hall–Kier alpha value is -2.57. The molecule has 7 nitrogen and oxygen atoms in total. The van der Waals surface area contributed by atoms with Crippen LogP contribution in [-0.4, -0.2) is 32.6 Å². The van der Waals surface area contributed by atoms with Gasteiger partial charge in [0.15, 0.2) is 0 Å². The summed E-state index contributed by atoms with van der Waals surface area (Å²) in [4.78, 5) is 21.3. The Morgan fingerprint density at radius 2 is 2.11 bits per heavy atom. The molecule has 4 N–H and O–H groups in total. The number of H-pyrrole nitrogens is 1. The molecule has 0 unspecified atom stereocenters. The van der Waals surface area contributed by atoms with E-state index in [0.29, 0.717) is 18.2 Å². The quantitative estimate of drug-likeness (QED) is 0.605. The number of carboxylic acid groups (broad SMARTS) is 1. The molecule has 0 saturated carbocycles. The molecule has 2 aromatic heterocycles. The van der Waals surface area contributed by atoms with E-state index in [2.05, 4.69) is 25.6 Å². The third-order valence-electron chi connectivity index (χ3n) is 2.22. The summed E-state index contributed by atoms with van der Waals surface area (Å²) in [5.41, 5.74) is 1.11. The van der Waals surface area contributed by atoms with Gasteiger partial charge in [0, 0.05) is 25.0 Å². The lowest BCUT2D eigenvalue weighted by Crippen LogP contribution is -2.13. The largest absolute Gasteiger partial charge is 0.480 e. The Kier molecular flexibility index (Phi) is 3.75. The van der Waals surface area contributed by atoms with Crippen molar-refractivity contribution in [3.63, 3.8) is 0 Å². The molecule has 0 aromatic carbocycles. The van der Waals surface area contributed by atoms with Crippen molar-refractivity contribution >= 4 is 17.6 Å². The molecule has 0 bridgehead atoms. The average Bonchev–Trinajstić information content (AvgIpc) is 2.87. The minimum atomic E-state index is -0.935. The Balaban J connectivity index is 1.92. The number of rotatable bonds is 6. The fraction of sp³-hybridized carbons (Fsp3) is 0.182. The van der Waals surface area contributed by atoms with E-state index in [0.717, 1.165) is 5.56 Å². The van der Waals surface area contributed by atoms with Gasteiger partial charge in [-0.3, -0.25) is 4.79 Å². The zero-order valence-electron chi connectivity index (χ0n) is 9.55. The first-order valence-corrected chi connectivity index (χ1v) is 5.37. The molecule has 2 aromatic rings. The van der Waals surface area contributed by atoms with Crippen molar-refractivity contribution < 1.29 is 9.90 Å². The van der Waals surface area contributed by atoms with Gasteiger partial charge in [-0.1, -0.05) is 0 Å². The van der Waals surface area contributed by atoms with Crippen LogP contribution in [0.5, 0.6) is 0 Å². The highest BCUT2D eigenvalue weighted by atomic mass is 16.4. The Bertz CT molecular complexity index is 512. The van der Waals surface area contributed by atoms with E-state index >= 15 is 0 Å². The number of aromatic nitrogens is 3. The van der Waals surface area contributed by atoms with Gasteiger partial charge in [-0.15, -0.1) is 0 Å². The van der Waals surface area contributed by atoms with Gasteiger partial charge in [0.1, 0.15) is 24.5 Å². The zero-order chi connectivity index (χ0) is 12.8. The van der Waals surface area contributed by atoms with Crippen molar-refractivity contribution in [2.24, 2.45) is 0 Å². The molecule has 0 radical (unpaired) electrons. The normalized spacial score (nSPS) is 10.0. The summed E-state index contributed by atoms with van der Waals surface area (Å²) in [6.45, 7) is 0.465. The number of anilines is 2. The number of hydrogen-bond acceptors (Lipinski definition) is 5. The van der Waals surface area contributed by atoms with Gasteiger partial charge >= 0.3 is 5.97 Å². The number of nitrogens with one attached hydrogen (secondary N) is 3. The standard InChI is InChI=1S/C11H13N5O2/c17-11(18)6-14-10-3-9(15-7-16-10)13-5-8-1-2-12-4-8/h1-4,7,12H,5-6H2,(H,17,18)(H2,13,14,15,16). The van der Waals surface area contributed by atoms with E-state index in [1.807, 2.05) is 18.5 Å². The van der Waals surface area contributed by atoms with Crippen LogP contribution in [0.15, 0.2) is 30.9 Å². The molecule has 0 aliphatic carbocycles. The minimum absolute atomic E-state index is 0.172. The lowest BCUT2D eigenvalue weighted by molar-refractivity contribution is -0.134. The van der Waals surface area contributed by atoms with Crippen molar-refractivity contribution in [2.45, 2.75) is 6.54 Å². The van der Waals surface area contributed by atoms with Crippen molar-refractivity contribution in [3.8, 4) is 0 Å². The minimum Gasteiger partial charge on any atom is -0.480 e. The second-order valence-corrected chi connectivity index (χ2v) is 3.61. The summed E-state index contributed by atoms with van der Waals surface area (Å²) >= 11 is 0. The van der Waals surface area contributed by atoms with Crippen LogP contribution in [0.3, 0.4) is 0 Å². The molecular weight excluding hydrogens is 234 g/mol. The Labute approximate surface area is 103 Å². The highest BCUT2D eigenvalue weighted by molar-refractivity contribution is 5.72. The van der Waals surface area contributed by atoms with E-state index in [-0.39, 0.29) is 6.54 Å². The van der Waals surface area contributed by atoms with Crippen LogP contribution in [-0.2, 0) is 11.3 Å². The van der Waals surface area contributed by atoms with Crippen LogP contribution in [0.1, 0.15) is 5.56 Å². The summed E-state index contributed by atoms with van der Waals surface area (Å²) in [5.74, 6) is 0.179. The van der Waals surface area contributed by atoms with E-state index in [9.17, 15) is 4.79 Å². The molecule has 0 saturated heterocycles. The predicted molar refractivity (Wildman–Crippen MR) is 66.3 cm³/mol. The third-order valence-corrected chi connectivity index (χ3v) is 2.22. The van der Waals surface area contributed by atoms with Crippen molar-refractivity contribution in [1.82, 2.24) is 15.0 Å². The summed E-state index contributed by atoms with van der Waals surface area (Å²) in [6, 6.07) is 3.62. The van der Waals surface area contributed by atoms with Gasteiger partial charge in [0.05, 0.1) is 0 Å². The monoisotopic (exact) mass is 247 g/mol. The van der Waals surface area contributed by atoms with Crippen LogP contribution >= 0.6 is 0 Å². The van der Waals surface area contributed by atoms with E-state index in [4.69, 9.17) is 5.11 Å². The van der Waals surface area contributed by atoms with Crippen LogP contribution in [0, 0.1) is 0 Å². The van der Waals surface area contributed by atoms with Crippen LogP contribution in [0.25, 0.3) is 0 Å². The van der Waals surface area contributed by atoms with Crippen LogP contribution < -0.4 is 10.6 Å². The number of hydrogen-bond donors (Lipinski definition) is 4. The number of aliphatic carboxylic acids is 1. The molecule has 7 heteroatoms. The first kappa shape index (κ1) is 11.9. The molecule has 0 aliphatic rings. The summed E-state index contributed by atoms with van der Waals surface area (Å²) < 4.78 is 0. The van der Waals surface area contributed by atoms with Gasteiger partial charge in [0.2, 0.25) is 0 Å². The van der Waals surface area contributed by atoms with Crippen molar-refractivity contribution in [3.05, 3.63) is 36.4 Å². The topological polar surface area (TPSA) is 103 Å². The molecule has 0 aliphatic heterocycles. The first-order chi connectivity index (χ1) is 8.74. The second-order valence-electron chi connectivity index (χ2n) is 3.61. The van der Waals surface area contributed by atoms with Gasteiger partial charge < -0.3 is 20.7 Å². The molecule has 0 amide bonds. The third kappa shape index (κ3) is 3.48. The SMILES string of the molecule is O=C(O)CNc1cc(NCc2cc[nH]c2)ncn1. The molecule has 0 atom stereocenters. The molecule has 0 fully saturated rings. The summed E-state index contributed by atoms with van der Waals surface area (Å²) in [5, 5.41) is 14.3. The molecule has 2 rings (SSSR count). The molecule has 0 spiro atoms. The van der Waals surface area contributed by atoms with Gasteiger partial charge in [-0.05, 0) is 11.6 Å². The van der Waals surface area contributed by atoms with Gasteiger partial charge in [0.25, 0.3) is 0 Å². The Morgan fingerprint density at radius 3 is 2.78 bits per heavy atom. The number of nitrogens with zero attached hydrogens (tertiary/aromatic N) is 2. The molecular formula is C11H13N5O2. The van der Waals surface area contributed by atoms with Crippen LogP contribution in [0.2, 0.25) is 0 Å². The second kappa shape index (κ2) is 5.67. The maximum Gasteiger partial charge on any atom is 0.322 e. The lowest BCUT2D eigenvalue weighted by Gasteiger charge is -2.06. The fourth-order valence-corrected chi connectivity index (χ4v) is 1.38. The number of carbonyl (C=O) groups is 1. The summed E-state index contributed by atoms with van der Waals surface area (Å²) in [6.07, 6.45) is 5.11. The lowest BCUT2D eigenvalue weighted by atomic mass is 10.3. The zero-order valence-corrected chi connectivity index (χ0v) is 9.55. The number of carboxylic acids is 1. The van der Waals surface area contributed by atoms with Crippen molar-refractivity contribution in [1.29, 1.82) is 0 Å². The smallest absolute Gasteiger partial charge is 0.322 e. The van der Waals surface area contributed by atoms with E-state index < -0.39 is 5.97 Å². The van der Waals surface area contributed by atoms with Gasteiger partial charge in [-0.25, -0.2) is 9.97 Å². The predicted octanol–water partition coefficient (Wildman–Crippen LogP) is 0.913. The number of aromatic amines is 1. The highest BCUT2D eigenvalue weighted by Gasteiger charge is 2.01. The Morgan fingerprint density at radius 1 is 1.33 bits per heavy atom. The first-order valence-electron chi connectivity index (χ1n) is 5.37. The van der Waals surface area contributed by atoms with Crippen molar-refractivity contribution in [2.75, 3.05) is 17.2 Å². The maximum atomic E-state index is 10.4. The molecule has 18 heavy (non-hydrogen) atoms. The average molecular weight is 247 g/mol. The van der Waals surface area contributed by atoms with E-state index in [1.54, 1.807) is 6.07 Å². The molecule has 94 valence electrons. The van der Waals surface area contributed by atoms with E-state index in [1.165, 1.54) is 6.33 Å². The fourth-order valence-electron chi connectivity index (χ4n) is 1.38. The van der Waals surface area contributed by atoms with Crippen LogP contribution in [0.4, 0.5) is 11.6 Å². The van der Waals surface area contributed by atoms with Gasteiger partial charge in [-0.2, -0.15) is 0 Å².